The third-order valence-electron chi connectivity index (χ3n) is 5.95. The van der Waals surface area contributed by atoms with Crippen LogP contribution in [-0.4, -0.2) is 49.3 Å². The molecule has 39 heavy (non-hydrogen) atoms. The van der Waals surface area contributed by atoms with Gasteiger partial charge in [0.1, 0.15) is 23.6 Å². The van der Waals surface area contributed by atoms with E-state index in [-0.39, 0.29) is 41.9 Å². The number of amidine groups is 1. The summed E-state index contributed by atoms with van der Waals surface area (Å²) in [6.45, 7) is 0. The van der Waals surface area contributed by atoms with Crippen LogP contribution in [0.1, 0.15) is 60.6 Å². The van der Waals surface area contributed by atoms with Crippen LogP contribution in [0, 0.1) is 5.41 Å². The molecule has 0 bridgehead atoms. The summed E-state index contributed by atoms with van der Waals surface area (Å²) in [4.78, 5) is 28.9. The van der Waals surface area contributed by atoms with E-state index in [9.17, 15) is 24.9 Å². The van der Waals surface area contributed by atoms with E-state index in [1.807, 2.05) is 0 Å². The van der Waals surface area contributed by atoms with E-state index in [1.54, 1.807) is 36.4 Å². The summed E-state index contributed by atoms with van der Waals surface area (Å²) in [7, 11) is 0. The normalized spacial score (nSPS) is 13.3. The van der Waals surface area contributed by atoms with E-state index in [0.29, 0.717) is 25.7 Å². The summed E-state index contributed by atoms with van der Waals surface area (Å²) in [5.41, 5.74) is 13.2. The van der Waals surface area contributed by atoms with Crippen LogP contribution < -0.4 is 22.1 Å². The Morgan fingerprint density at radius 2 is 1.54 bits per heavy atom. The number of aromatic nitrogens is 2. The first-order valence-corrected chi connectivity index (χ1v) is 12.4. The lowest BCUT2D eigenvalue weighted by Gasteiger charge is -2.19. The largest absolute Gasteiger partial charge is 0.508 e. The molecule has 10 N–H and O–H groups in total. The minimum absolute atomic E-state index is 0.0198. The molecule has 0 aliphatic carbocycles. The second-order valence-corrected chi connectivity index (χ2v) is 9.17. The molecule has 3 rings (SSSR count). The number of aromatic hydroxyl groups is 2. The third-order valence-corrected chi connectivity index (χ3v) is 5.95. The molecule has 0 spiro atoms. The number of benzene rings is 2. The van der Waals surface area contributed by atoms with Crippen molar-refractivity contribution in [2.75, 3.05) is 0 Å². The Balaban J connectivity index is 1.72. The number of rotatable bonds is 14. The smallest absolute Gasteiger partial charge is 0.326 e. The summed E-state index contributed by atoms with van der Waals surface area (Å²) < 4.78 is 5.43. The number of phenolic OH excluding ortho intramolecular Hbond substituents is 2. The summed E-state index contributed by atoms with van der Waals surface area (Å²) in [5.74, 6) is -0.672. The van der Waals surface area contributed by atoms with Crippen molar-refractivity contribution in [2.45, 2.75) is 56.7 Å². The van der Waals surface area contributed by atoms with Crippen LogP contribution in [-0.2, 0) is 17.6 Å². The number of aliphatic carboxylic acids is 1. The van der Waals surface area contributed by atoms with Gasteiger partial charge in [-0.3, -0.25) is 5.41 Å². The summed E-state index contributed by atoms with van der Waals surface area (Å²) in [6.07, 6.45) is 2.08. The number of phenols is 2. The minimum Gasteiger partial charge on any atom is -0.508 e. The zero-order valence-corrected chi connectivity index (χ0v) is 21.2. The fourth-order valence-electron chi connectivity index (χ4n) is 3.86. The molecule has 3 aromatic rings. The number of carbonyl (C=O) groups is 2. The molecular formula is C26H33N7O6. The van der Waals surface area contributed by atoms with Crippen molar-refractivity contribution < 1.29 is 29.4 Å². The van der Waals surface area contributed by atoms with Crippen molar-refractivity contribution in [3.8, 4) is 11.5 Å². The predicted molar refractivity (Wildman–Crippen MR) is 141 cm³/mol. The van der Waals surface area contributed by atoms with Crippen molar-refractivity contribution in [3.63, 3.8) is 0 Å². The highest BCUT2D eigenvalue weighted by Crippen LogP contribution is 2.22. The molecule has 0 aliphatic rings. The molecule has 2 aromatic carbocycles. The number of carboxylic acids is 1. The highest BCUT2D eigenvalue weighted by Gasteiger charge is 2.26. The van der Waals surface area contributed by atoms with Crippen LogP contribution in [0.2, 0.25) is 0 Å². The number of hydrogen-bond donors (Lipinski definition) is 8. The van der Waals surface area contributed by atoms with E-state index in [4.69, 9.17) is 21.4 Å². The molecule has 0 fully saturated rings. The van der Waals surface area contributed by atoms with Crippen LogP contribution >= 0.6 is 0 Å². The molecule has 2 amide bonds. The van der Waals surface area contributed by atoms with Gasteiger partial charge in [0.2, 0.25) is 5.89 Å². The maximum atomic E-state index is 12.8. The zero-order chi connectivity index (χ0) is 28.4. The second kappa shape index (κ2) is 13.8. The number of nitrogens with one attached hydrogen (secondary N) is 3. The lowest BCUT2D eigenvalue weighted by atomic mass is 10.0. The lowest BCUT2D eigenvalue weighted by molar-refractivity contribution is -0.139. The Bertz CT molecular complexity index is 1250. The van der Waals surface area contributed by atoms with E-state index >= 15 is 0 Å². The fraction of sp³-hybridized carbons (Fsp3) is 0.346. The number of unbranched alkanes of at least 4 members (excludes halogenated alkanes) is 1. The summed E-state index contributed by atoms with van der Waals surface area (Å²) >= 11 is 0. The molecule has 13 heteroatoms. The number of carbonyl (C=O) groups excluding carboxylic acids is 1. The predicted octanol–water partition coefficient (Wildman–Crippen LogP) is 2.26. The average Bonchev–Trinajstić information content (AvgIpc) is 3.38. The Labute approximate surface area is 224 Å². The molecule has 0 saturated heterocycles. The van der Waals surface area contributed by atoms with Gasteiger partial charge in [0, 0.05) is 12.8 Å². The van der Waals surface area contributed by atoms with Gasteiger partial charge in [0.15, 0.2) is 5.82 Å². The molecule has 3 atom stereocenters. The molecular weight excluding hydrogens is 506 g/mol. The van der Waals surface area contributed by atoms with Crippen molar-refractivity contribution in [2.24, 2.45) is 11.5 Å². The van der Waals surface area contributed by atoms with E-state index in [0.717, 1.165) is 11.1 Å². The van der Waals surface area contributed by atoms with E-state index < -0.39 is 30.1 Å². The number of urea groups is 1. The summed E-state index contributed by atoms with van der Waals surface area (Å²) in [5, 5.41) is 45.0. The number of nitrogens with two attached hydrogens (primary N) is 2. The highest BCUT2D eigenvalue weighted by molar-refractivity contribution is 5.82. The van der Waals surface area contributed by atoms with Gasteiger partial charge in [-0.15, -0.1) is 0 Å². The van der Waals surface area contributed by atoms with Gasteiger partial charge >= 0.3 is 12.0 Å². The number of carboxylic acid groups (broad SMARTS) is 1. The number of nitrogens with zero attached hydrogens (tertiary/aromatic N) is 2. The number of amides is 2. The Hall–Kier alpha value is -4.65. The van der Waals surface area contributed by atoms with Gasteiger partial charge in [-0.25, -0.2) is 9.59 Å². The Kier molecular flexibility index (Phi) is 10.2. The van der Waals surface area contributed by atoms with Gasteiger partial charge in [-0.1, -0.05) is 35.8 Å². The lowest BCUT2D eigenvalue weighted by Crippen LogP contribution is -2.47. The van der Waals surface area contributed by atoms with Crippen molar-refractivity contribution in [3.05, 3.63) is 71.4 Å². The van der Waals surface area contributed by atoms with E-state index in [2.05, 4.69) is 20.8 Å². The standard InChI is InChI=1S/C26H33N7O6/c27-19(13-15-5-9-17(34)10-6-15)23-32-24(39-33-23)21(14-16-7-11-18(35)12-8-16)31-26(38)30-20(25(36)37)3-1-2-4-22(28)29/h5-12,19-21,34-35H,1-4,13-14,27H2,(H3,28,29)(H,36,37)(H2,30,31,38)/t19-,20-,21-/m0/s1. The second-order valence-electron chi connectivity index (χ2n) is 9.17. The van der Waals surface area contributed by atoms with Crippen LogP contribution in [0.3, 0.4) is 0 Å². The SMILES string of the molecule is N=C(N)CCCC[C@H](NC(=O)N[C@@H](Cc1ccc(O)cc1)c1nc([C@@H](N)Cc2ccc(O)cc2)no1)C(=O)O. The molecule has 0 radical (unpaired) electrons. The highest BCUT2D eigenvalue weighted by atomic mass is 16.5. The monoisotopic (exact) mass is 539 g/mol. The maximum Gasteiger partial charge on any atom is 0.326 e. The molecule has 0 saturated carbocycles. The molecule has 13 nitrogen and oxygen atoms in total. The average molecular weight is 540 g/mol. The fourth-order valence-corrected chi connectivity index (χ4v) is 3.86. The van der Waals surface area contributed by atoms with Crippen LogP contribution in [0.4, 0.5) is 4.79 Å². The first kappa shape index (κ1) is 28.9. The summed E-state index contributed by atoms with van der Waals surface area (Å²) in [6, 6.07) is 9.56. The Morgan fingerprint density at radius 3 is 2.10 bits per heavy atom. The quantitative estimate of drug-likeness (QED) is 0.0845. The topological polar surface area (TPSA) is 234 Å². The van der Waals surface area contributed by atoms with Crippen molar-refractivity contribution in [1.82, 2.24) is 20.8 Å². The third kappa shape index (κ3) is 9.31. The molecule has 0 unspecified atom stereocenters. The maximum absolute atomic E-state index is 12.8. The van der Waals surface area contributed by atoms with Crippen LogP contribution in [0.5, 0.6) is 11.5 Å². The first-order valence-electron chi connectivity index (χ1n) is 12.4. The number of hydrogen-bond acceptors (Lipinski definition) is 9. The van der Waals surface area contributed by atoms with Crippen LogP contribution in [0.25, 0.3) is 0 Å². The van der Waals surface area contributed by atoms with Gasteiger partial charge in [-0.05, 0) is 54.7 Å². The molecule has 1 heterocycles. The van der Waals surface area contributed by atoms with Crippen molar-refractivity contribution >= 4 is 17.8 Å². The Morgan fingerprint density at radius 1 is 0.949 bits per heavy atom. The van der Waals surface area contributed by atoms with E-state index in [1.165, 1.54) is 12.1 Å². The van der Waals surface area contributed by atoms with Crippen molar-refractivity contribution in [1.29, 1.82) is 5.41 Å². The van der Waals surface area contributed by atoms with Gasteiger partial charge < -0.3 is 41.9 Å². The zero-order valence-electron chi connectivity index (χ0n) is 21.2. The van der Waals surface area contributed by atoms with Gasteiger partial charge in [-0.2, -0.15) is 4.98 Å². The van der Waals surface area contributed by atoms with Gasteiger partial charge in [0.25, 0.3) is 0 Å². The molecule has 0 aliphatic heterocycles. The van der Waals surface area contributed by atoms with Crippen LogP contribution in [0.15, 0.2) is 53.1 Å². The first-order chi connectivity index (χ1) is 18.6. The minimum atomic E-state index is -1.19. The van der Waals surface area contributed by atoms with Gasteiger partial charge in [0.05, 0.1) is 11.9 Å². The molecule has 1 aromatic heterocycles. The molecule has 208 valence electrons.